The number of ether oxygens (including phenoxy) is 2. The zero-order valence-electron chi connectivity index (χ0n) is 39.6. The van der Waals surface area contributed by atoms with Gasteiger partial charge in [0.05, 0.1) is 14.2 Å². The number of benzene rings is 6. The van der Waals surface area contributed by atoms with Gasteiger partial charge in [0.25, 0.3) is 0 Å². The second-order valence-corrected chi connectivity index (χ2v) is 22.4. The lowest BCUT2D eigenvalue weighted by atomic mass is 9.81. The highest BCUT2D eigenvalue weighted by molar-refractivity contribution is 7.32. The minimum Gasteiger partial charge on any atom is -0.497 e. The predicted molar refractivity (Wildman–Crippen MR) is 264 cm³/mol. The van der Waals surface area contributed by atoms with Crippen LogP contribution in [0.4, 0.5) is 0 Å². The summed E-state index contributed by atoms with van der Waals surface area (Å²) in [5.41, 5.74) is 6.71. The molecule has 8 rings (SSSR count). The van der Waals surface area contributed by atoms with Crippen LogP contribution in [-0.4, -0.2) is 14.2 Å². The zero-order chi connectivity index (χ0) is 45.9. The molecule has 64 heavy (non-hydrogen) atoms. The van der Waals surface area contributed by atoms with Gasteiger partial charge < -0.3 is 35.3 Å². The normalized spacial score (nSPS) is 12.5. The number of hydrogen-bond acceptors (Lipinski definition) is 8. The van der Waals surface area contributed by atoms with Crippen LogP contribution in [0.2, 0.25) is 0 Å². The highest BCUT2D eigenvalue weighted by Gasteiger charge is 2.32. The molecule has 0 atom stereocenters. The van der Waals surface area contributed by atoms with Gasteiger partial charge in [-0.25, -0.2) is 0 Å². The van der Waals surface area contributed by atoms with Gasteiger partial charge in [0, 0.05) is 54.9 Å². The molecule has 2 heterocycles. The van der Waals surface area contributed by atoms with Crippen molar-refractivity contribution >= 4 is 60.4 Å². The van der Waals surface area contributed by atoms with Crippen LogP contribution in [0.3, 0.4) is 0 Å². The van der Waals surface area contributed by atoms with Crippen LogP contribution in [0, 0.1) is 0 Å². The summed E-state index contributed by atoms with van der Waals surface area (Å²) in [6, 6.07) is 36.6. The average Bonchev–Trinajstić information content (AvgIpc) is 3.49. The van der Waals surface area contributed by atoms with Gasteiger partial charge in [0.2, 0.25) is 0 Å². The van der Waals surface area contributed by atoms with Gasteiger partial charge in [-0.05, 0) is 58.1 Å². The Morgan fingerprint density at radius 2 is 0.719 bits per heavy atom. The van der Waals surface area contributed by atoms with E-state index in [1.165, 1.54) is 0 Å². The maximum atomic E-state index is 7.40. The Labute approximate surface area is 378 Å². The monoisotopic (exact) mass is 898 g/mol. The summed E-state index contributed by atoms with van der Waals surface area (Å²) >= 11 is 0. The molecule has 8 aromatic rings. The number of rotatable bonds is 7. The van der Waals surface area contributed by atoms with Crippen molar-refractivity contribution in [3.63, 3.8) is 0 Å². The highest BCUT2D eigenvalue weighted by Crippen LogP contribution is 2.54. The second-order valence-electron chi connectivity index (χ2n) is 20.5. The first-order valence-electron chi connectivity index (χ1n) is 21.7. The number of para-hydroxylation sites is 4. The molecule has 0 radical (unpaired) electrons. The Hall–Kier alpha value is -5.68. The molecule has 0 aliphatic carbocycles. The van der Waals surface area contributed by atoms with Crippen LogP contribution < -0.4 is 18.5 Å². The molecule has 0 bridgehead atoms. The van der Waals surface area contributed by atoms with Crippen molar-refractivity contribution in [3.05, 3.63) is 131 Å². The summed E-state index contributed by atoms with van der Waals surface area (Å²) in [7, 11) is -0.839. The van der Waals surface area contributed by atoms with E-state index >= 15 is 0 Å². The van der Waals surface area contributed by atoms with Gasteiger partial charge >= 0.3 is 16.5 Å². The van der Waals surface area contributed by atoms with Crippen molar-refractivity contribution in [2.45, 2.75) is 105 Å². The van der Waals surface area contributed by atoms with Crippen molar-refractivity contribution in [2.75, 3.05) is 14.2 Å². The van der Waals surface area contributed by atoms with Crippen molar-refractivity contribution in [1.82, 2.24) is 0 Å². The van der Waals surface area contributed by atoms with Gasteiger partial charge in [-0.3, -0.25) is 0 Å². The fraction of sp³-hybridized carbons (Fsp3) is 0.333. The summed E-state index contributed by atoms with van der Waals surface area (Å²) in [6.07, 6.45) is 0. The van der Waals surface area contributed by atoms with Gasteiger partial charge in [-0.2, -0.15) is 0 Å². The Bertz CT molecular complexity index is 3000. The summed E-state index contributed by atoms with van der Waals surface area (Å²) in [6.45, 7) is 26.1. The summed E-state index contributed by atoms with van der Waals surface area (Å²) in [4.78, 5) is 0. The van der Waals surface area contributed by atoms with E-state index in [1.807, 2.05) is 72.8 Å². The Morgan fingerprint density at radius 1 is 0.375 bits per heavy atom. The number of fused-ring (bicyclic) bond motifs is 6. The minimum atomic E-state index is -2.15. The fourth-order valence-corrected chi connectivity index (χ4v) is 10.4. The van der Waals surface area contributed by atoms with Crippen molar-refractivity contribution in [2.24, 2.45) is 0 Å². The minimum absolute atomic E-state index is 0.249. The number of methoxy groups -OCH3 is 2. The SMILES string of the molecule is COc1cc(-c2cc(OC)cc(C(C)(C)C)c2Op2oc3c(C(C)(C)C)cccc3c3cccc(C(C)(C)C)c3o2)c(Op2oc3ccccc3c3ccccc3o2)c(C(C)(C)C)c1. The molecule has 0 aliphatic heterocycles. The summed E-state index contributed by atoms with van der Waals surface area (Å²) in [5.74, 6) is 2.41. The van der Waals surface area contributed by atoms with Crippen LogP contribution in [0.1, 0.15) is 105 Å². The lowest BCUT2D eigenvalue weighted by Gasteiger charge is -2.28. The molecule has 2 aromatic heterocycles. The molecule has 0 saturated heterocycles. The van der Waals surface area contributed by atoms with E-state index in [2.05, 4.69) is 119 Å². The molecule has 334 valence electrons. The molecule has 0 fully saturated rings. The molecule has 0 spiro atoms. The Kier molecular flexibility index (Phi) is 11.7. The van der Waals surface area contributed by atoms with E-state index in [0.717, 1.165) is 55.0 Å². The quantitative estimate of drug-likeness (QED) is 0.156. The van der Waals surface area contributed by atoms with E-state index in [9.17, 15) is 0 Å². The first-order valence-corrected chi connectivity index (χ1v) is 23.9. The molecule has 6 aromatic carbocycles. The smallest absolute Gasteiger partial charge is 0.453 e. The highest BCUT2D eigenvalue weighted by atomic mass is 31.1. The predicted octanol–water partition coefficient (Wildman–Crippen LogP) is 17.5. The Balaban J connectivity index is 1.48. The third-order valence-electron chi connectivity index (χ3n) is 11.5. The van der Waals surface area contributed by atoms with E-state index in [4.69, 9.17) is 35.3 Å². The molecular weight excluding hydrogens is 839 g/mol. The summed E-state index contributed by atoms with van der Waals surface area (Å²) in [5, 5.41) is 3.77. The standard InChI is InChI=1S/C54H60O8P2/c1-51(2,3)41-25-19-23-37-38-24-20-26-42(52(4,5)6)48(38)60-64(59-47(37)41)62-50-40(30-34(56-14)32-44(50)54(10,11)12)39-29-33(55-13)31-43(53(7,8)9)49(39)61-63-57-45-27-17-15-21-35(45)36-22-16-18-28-46(36)58-63/h15-32H,1-14H3. The van der Waals surface area contributed by atoms with Crippen LogP contribution in [0.25, 0.3) is 55.0 Å². The van der Waals surface area contributed by atoms with Crippen LogP contribution in [0.5, 0.6) is 23.0 Å². The zero-order valence-corrected chi connectivity index (χ0v) is 41.3. The number of hydrogen-bond donors (Lipinski definition) is 0. The van der Waals surface area contributed by atoms with E-state index in [-0.39, 0.29) is 10.8 Å². The third kappa shape index (κ3) is 8.75. The lowest BCUT2D eigenvalue weighted by Crippen LogP contribution is -2.15. The van der Waals surface area contributed by atoms with E-state index in [1.54, 1.807) is 14.2 Å². The van der Waals surface area contributed by atoms with Crippen molar-refractivity contribution < 1.29 is 35.3 Å². The van der Waals surface area contributed by atoms with Crippen molar-refractivity contribution in [1.29, 1.82) is 0 Å². The van der Waals surface area contributed by atoms with Crippen molar-refractivity contribution in [3.8, 4) is 34.1 Å². The third-order valence-corrected chi connectivity index (χ3v) is 13.5. The van der Waals surface area contributed by atoms with E-state index in [0.29, 0.717) is 45.3 Å². The topological polar surface area (TPSA) is 89.5 Å². The van der Waals surface area contributed by atoms with Gasteiger partial charge in [-0.1, -0.05) is 156 Å². The Morgan fingerprint density at radius 3 is 1.08 bits per heavy atom. The maximum absolute atomic E-state index is 7.40. The molecular formula is C54H60O8P2. The fourth-order valence-electron chi connectivity index (χ4n) is 8.14. The second kappa shape index (κ2) is 16.7. The van der Waals surface area contributed by atoms with Crippen LogP contribution >= 0.6 is 16.5 Å². The molecule has 0 saturated carbocycles. The first kappa shape index (κ1) is 44.9. The molecule has 0 N–H and O–H groups in total. The molecule has 10 heteroatoms. The maximum Gasteiger partial charge on any atom is 0.453 e. The van der Waals surface area contributed by atoms with Crippen LogP contribution in [0.15, 0.2) is 126 Å². The largest absolute Gasteiger partial charge is 0.497 e. The van der Waals surface area contributed by atoms with Gasteiger partial charge in [0.1, 0.15) is 45.3 Å². The molecule has 0 aliphatic rings. The molecule has 0 amide bonds. The van der Waals surface area contributed by atoms with E-state index < -0.39 is 27.3 Å². The van der Waals surface area contributed by atoms with Gasteiger partial charge in [-0.15, -0.1) is 0 Å². The lowest BCUT2D eigenvalue weighted by molar-refractivity contribution is 0.408. The summed E-state index contributed by atoms with van der Waals surface area (Å²) < 4.78 is 54.4. The molecule has 8 nitrogen and oxygen atoms in total. The van der Waals surface area contributed by atoms with Crippen LogP contribution in [-0.2, 0) is 21.7 Å². The average molecular weight is 899 g/mol. The molecule has 0 unspecified atom stereocenters. The van der Waals surface area contributed by atoms with Gasteiger partial charge in [0.15, 0.2) is 0 Å². The first-order chi connectivity index (χ1) is 30.1.